The van der Waals surface area contributed by atoms with E-state index in [1.807, 2.05) is 25.1 Å². The molecule has 1 aromatic carbocycles. The summed E-state index contributed by atoms with van der Waals surface area (Å²) < 4.78 is 11.1. The first-order valence-corrected chi connectivity index (χ1v) is 9.15. The predicted octanol–water partition coefficient (Wildman–Crippen LogP) is 4.12. The lowest BCUT2D eigenvalue weighted by molar-refractivity contribution is 0.311. The van der Waals surface area contributed by atoms with Crippen molar-refractivity contribution in [3.8, 4) is 28.7 Å². The lowest BCUT2D eigenvalue weighted by Crippen LogP contribution is -2.18. The monoisotopic (exact) mass is 351 g/mol. The first-order valence-electron chi connectivity index (χ1n) is 9.15. The number of nitrogens with two attached hydrogens (primary N) is 1. The smallest absolute Gasteiger partial charge is 0.161 e. The van der Waals surface area contributed by atoms with E-state index in [0.717, 1.165) is 48.1 Å². The Labute approximate surface area is 154 Å². The molecule has 5 nitrogen and oxygen atoms in total. The van der Waals surface area contributed by atoms with Gasteiger partial charge >= 0.3 is 0 Å². The Kier molecular flexibility index (Phi) is 5.32. The summed E-state index contributed by atoms with van der Waals surface area (Å²) in [5.74, 6) is 2.27. The Balaban J connectivity index is 2.21. The summed E-state index contributed by atoms with van der Waals surface area (Å²) in [6.07, 6.45) is 4.08. The molecule has 2 aromatic rings. The van der Waals surface area contributed by atoms with Gasteiger partial charge in [-0.25, -0.2) is 4.98 Å². The van der Waals surface area contributed by atoms with Crippen molar-refractivity contribution in [2.45, 2.75) is 39.5 Å². The average Bonchev–Trinajstić information content (AvgIpc) is 2.67. The molecule has 2 N–H and O–H groups in total. The first kappa shape index (κ1) is 18.1. The maximum absolute atomic E-state index is 9.72. The Morgan fingerprint density at radius 3 is 2.77 bits per heavy atom. The minimum absolute atomic E-state index is 0.309. The van der Waals surface area contributed by atoms with Crippen LogP contribution in [-0.4, -0.2) is 18.7 Å². The average molecular weight is 351 g/mol. The van der Waals surface area contributed by atoms with Gasteiger partial charge in [0.2, 0.25) is 0 Å². The molecule has 0 radical (unpaired) electrons. The van der Waals surface area contributed by atoms with E-state index in [4.69, 9.17) is 15.2 Å². The van der Waals surface area contributed by atoms with Crippen molar-refractivity contribution in [2.24, 2.45) is 5.92 Å². The number of aryl methyl sites for hydroxylation is 1. The molecule has 1 unspecified atom stereocenters. The molecule has 26 heavy (non-hydrogen) atoms. The zero-order valence-corrected chi connectivity index (χ0v) is 15.6. The van der Waals surface area contributed by atoms with E-state index in [-0.39, 0.29) is 0 Å². The fourth-order valence-corrected chi connectivity index (χ4v) is 3.73. The molecule has 0 saturated carbocycles. The van der Waals surface area contributed by atoms with Gasteiger partial charge in [0.25, 0.3) is 0 Å². The molecule has 1 aromatic heterocycles. The number of hydrogen-bond acceptors (Lipinski definition) is 5. The molecule has 0 saturated heterocycles. The molecule has 0 amide bonds. The fraction of sp³-hybridized carbons (Fsp3) is 0.429. The molecule has 0 aliphatic heterocycles. The van der Waals surface area contributed by atoms with E-state index in [1.165, 1.54) is 0 Å². The van der Waals surface area contributed by atoms with Crippen LogP contribution in [-0.2, 0) is 12.8 Å². The van der Waals surface area contributed by atoms with E-state index in [0.29, 0.717) is 35.4 Å². The van der Waals surface area contributed by atoms with Crippen LogP contribution in [0.5, 0.6) is 11.5 Å². The third-order valence-electron chi connectivity index (χ3n) is 5.14. The van der Waals surface area contributed by atoms with Gasteiger partial charge < -0.3 is 15.2 Å². The highest BCUT2D eigenvalue weighted by atomic mass is 16.5. The fourth-order valence-electron chi connectivity index (χ4n) is 3.73. The van der Waals surface area contributed by atoms with Crippen molar-refractivity contribution in [1.82, 2.24) is 4.98 Å². The number of hydrogen-bond donors (Lipinski definition) is 1. The Hall–Kier alpha value is -2.74. The van der Waals surface area contributed by atoms with Gasteiger partial charge in [-0.2, -0.15) is 5.26 Å². The van der Waals surface area contributed by atoms with E-state index < -0.39 is 0 Å². The van der Waals surface area contributed by atoms with Crippen LogP contribution in [0.2, 0.25) is 0 Å². The van der Waals surface area contributed by atoms with Crippen molar-refractivity contribution in [3.63, 3.8) is 0 Å². The second-order valence-corrected chi connectivity index (χ2v) is 6.60. The summed E-state index contributed by atoms with van der Waals surface area (Å²) in [5, 5.41) is 9.72. The summed E-state index contributed by atoms with van der Waals surface area (Å²) in [7, 11) is 1.62. The summed E-state index contributed by atoms with van der Waals surface area (Å²) in [6, 6.07) is 8.05. The van der Waals surface area contributed by atoms with Gasteiger partial charge in [-0.15, -0.1) is 0 Å². The number of pyridine rings is 1. The van der Waals surface area contributed by atoms with Crippen molar-refractivity contribution >= 4 is 5.82 Å². The highest BCUT2D eigenvalue weighted by molar-refractivity contribution is 5.80. The minimum atomic E-state index is 0.309. The number of rotatable bonds is 5. The molecule has 1 heterocycles. The summed E-state index contributed by atoms with van der Waals surface area (Å²) in [4.78, 5) is 4.53. The molecule has 0 bridgehead atoms. The van der Waals surface area contributed by atoms with Crippen molar-refractivity contribution in [1.29, 1.82) is 5.26 Å². The van der Waals surface area contributed by atoms with Gasteiger partial charge in [0, 0.05) is 11.3 Å². The van der Waals surface area contributed by atoms with E-state index in [2.05, 4.69) is 18.0 Å². The van der Waals surface area contributed by atoms with Gasteiger partial charge in [0.1, 0.15) is 17.5 Å². The van der Waals surface area contributed by atoms with Crippen LogP contribution in [0.4, 0.5) is 5.82 Å². The number of ether oxygens (including phenoxy) is 2. The van der Waals surface area contributed by atoms with Crippen LogP contribution in [0, 0.1) is 17.2 Å². The number of aromatic nitrogens is 1. The van der Waals surface area contributed by atoms with E-state index in [1.54, 1.807) is 7.11 Å². The number of methoxy groups -OCH3 is 1. The molecule has 5 heteroatoms. The zero-order chi connectivity index (χ0) is 18.7. The number of nitriles is 1. The van der Waals surface area contributed by atoms with Gasteiger partial charge in [-0.05, 0) is 55.4 Å². The van der Waals surface area contributed by atoms with Crippen molar-refractivity contribution in [2.75, 3.05) is 19.5 Å². The second-order valence-electron chi connectivity index (χ2n) is 6.60. The third kappa shape index (κ3) is 3.20. The molecule has 1 atom stereocenters. The van der Waals surface area contributed by atoms with Crippen LogP contribution in [0.15, 0.2) is 18.2 Å². The topological polar surface area (TPSA) is 81.2 Å². The molecule has 1 aliphatic rings. The van der Waals surface area contributed by atoms with Gasteiger partial charge in [-0.1, -0.05) is 19.4 Å². The van der Waals surface area contributed by atoms with Crippen LogP contribution in [0.25, 0.3) is 11.1 Å². The standard InChI is InChI=1S/C21H25N3O2/c1-4-13-6-8-17-15(10-13)20(16(12-22)21(23)24-17)14-7-9-18(26-5-2)19(11-14)25-3/h7,9,11,13H,4-6,8,10H2,1-3H3,(H2,23,24). The summed E-state index contributed by atoms with van der Waals surface area (Å²) in [6.45, 7) is 4.71. The quantitative estimate of drug-likeness (QED) is 0.876. The van der Waals surface area contributed by atoms with E-state index in [9.17, 15) is 5.26 Å². The van der Waals surface area contributed by atoms with E-state index >= 15 is 0 Å². The highest BCUT2D eigenvalue weighted by Crippen LogP contribution is 2.40. The normalized spacial score (nSPS) is 15.8. The minimum Gasteiger partial charge on any atom is -0.493 e. The largest absolute Gasteiger partial charge is 0.493 e. The first-order chi connectivity index (χ1) is 12.6. The number of nitrogen functional groups attached to an aromatic ring is 1. The Morgan fingerprint density at radius 1 is 1.31 bits per heavy atom. The number of fused-ring (bicyclic) bond motifs is 1. The van der Waals surface area contributed by atoms with Gasteiger partial charge in [0.15, 0.2) is 11.5 Å². The molecule has 136 valence electrons. The van der Waals surface area contributed by atoms with Crippen LogP contribution in [0.3, 0.4) is 0 Å². The lowest BCUT2D eigenvalue weighted by atomic mass is 9.80. The highest BCUT2D eigenvalue weighted by Gasteiger charge is 2.26. The molecular weight excluding hydrogens is 326 g/mol. The van der Waals surface area contributed by atoms with Crippen molar-refractivity contribution < 1.29 is 9.47 Å². The molecule has 1 aliphatic carbocycles. The van der Waals surface area contributed by atoms with Gasteiger partial charge in [-0.3, -0.25) is 0 Å². The number of benzene rings is 1. The summed E-state index contributed by atoms with van der Waals surface area (Å²) in [5.41, 5.74) is 10.6. The maximum atomic E-state index is 9.72. The Morgan fingerprint density at radius 2 is 2.12 bits per heavy atom. The predicted molar refractivity (Wildman–Crippen MR) is 102 cm³/mol. The van der Waals surface area contributed by atoms with Crippen LogP contribution < -0.4 is 15.2 Å². The molecule has 0 fully saturated rings. The molecular formula is C21H25N3O2. The second kappa shape index (κ2) is 7.65. The van der Waals surface area contributed by atoms with Crippen molar-refractivity contribution in [3.05, 3.63) is 35.0 Å². The van der Waals surface area contributed by atoms with Crippen LogP contribution >= 0.6 is 0 Å². The molecule has 0 spiro atoms. The number of nitrogens with zero attached hydrogens (tertiary/aromatic N) is 2. The SMILES string of the molecule is CCOc1ccc(-c2c(C#N)c(N)nc3c2CC(CC)CC3)cc1OC. The lowest BCUT2D eigenvalue weighted by Gasteiger charge is -2.26. The maximum Gasteiger partial charge on any atom is 0.161 e. The van der Waals surface area contributed by atoms with Gasteiger partial charge in [0.05, 0.1) is 13.7 Å². The number of anilines is 1. The Bertz CT molecular complexity index is 855. The third-order valence-corrected chi connectivity index (χ3v) is 5.14. The zero-order valence-electron chi connectivity index (χ0n) is 15.6. The van der Waals surface area contributed by atoms with Crippen LogP contribution in [0.1, 0.15) is 43.5 Å². The summed E-state index contributed by atoms with van der Waals surface area (Å²) >= 11 is 0. The molecule has 3 rings (SSSR count).